The Morgan fingerprint density at radius 3 is 2.25 bits per heavy atom. The van der Waals surface area contributed by atoms with E-state index in [-0.39, 0.29) is 17.9 Å². The third-order valence-electron chi connectivity index (χ3n) is 4.89. The number of likely N-dealkylation sites (tertiary alicyclic amines) is 1. The summed E-state index contributed by atoms with van der Waals surface area (Å²) in [7, 11) is 0. The normalized spacial score (nSPS) is 14.6. The molecule has 0 saturated carbocycles. The molecule has 1 fully saturated rings. The van der Waals surface area contributed by atoms with E-state index in [9.17, 15) is 9.59 Å². The van der Waals surface area contributed by atoms with Crippen molar-refractivity contribution >= 4 is 11.8 Å². The molecule has 0 bridgehead atoms. The van der Waals surface area contributed by atoms with Crippen molar-refractivity contribution in [2.45, 2.75) is 18.9 Å². The Kier molecular flexibility index (Phi) is 5.14. The number of rotatable bonds is 4. The number of carbonyl (C=O) groups is 2. The number of piperidine rings is 1. The van der Waals surface area contributed by atoms with E-state index in [1.165, 1.54) is 0 Å². The molecule has 0 spiro atoms. The molecule has 2 amide bonds. The average molecular weight is 375 g/mol. The molecule has 2 aromatic carbocycles. The van der Waals surface area contributed by atoms with Crippen LogP contribution in [0.25, 0.3) is 5.69 Å². The molecule has 0 aliphatic carbocycles. The maximum atomic E-state index is 12.7. The highest BCUT2D eigenvalue weighted by atomic mass is 16.2. The molecule has 1 saturated heterocycles. The summed E-state index contributed by atoms with van der Waals surface area (Å²) in [5.74, 6) is -0.203. The van der Waals surface area contributed by atoms with Gasteiger partial charge in [0, 0.05) is 24.7 Å². The van der Waals surface area contributed by atoms with Crippen molar-refractivity contribution in [2.75, 3.05) is 13.1 Å². The number of para-hydroxylation sites is 1. The van der Waals surface area contributed by atoms with E-state index in [2.05, 4.69) is 15.6 Å². The van der Waals surface area contributed by atoms with Crippen LogP contribution < -0.4 is 5.32 Å². The van der Waals surface area contributed by atoms with E-state index >= 15 is 0 Å². The number of hydrogen-bond donors (Lipinski definition) is 1. The molecule has 7 heteroatoms. The van der Waals surface area contributed by atoms with Crippen LogP contribution in [0.3, 0.4) is 0 Å². The summed E-state index contributed by atoms with van der Waals surface area (Å²) < 4.78 is 1.60. The molecule has 3 aromatic rings. The van der Waals surface area contributed by atoms with Gasteiger partial charge in [0.15, 0.2) is 5.69 Å². The maximum absolute atomic E-state index is 12.7. The van der Waals surface area contributed by atoms with E-state index < -0.39 is 0 Å². The van der Waals surface area contributed by atoms with Crippen molar-refractivity contribution in [3.63, 3.8) is 0 Å². The number of hydrogen-bond acceptors (Lipinski definition) is 4. The molecular weight excluding hydrogens is 354 g/mol. The second kappa shape index (κ2) is 8.04. The van der Waals surface area contributed by atoms with Crippen LogP contribution in [0.1, 0.15) is 33.7 Å². The third kappa shape index (κ3) is 3.93. The zero-order chi connectivity index (χ0) is 19.3. The monoisotopic (exact) mass is 375 g/mol. The van der Waals surface area contributed by atoms with Crippen molar-refractivity contribution in [3.05, 3.63) is 78.1 Å². The fourth-order valence-corrected chi connectivity index (χ4v) is 3.32. The molecule has 1 aliphatic rings. The highest BCUT2D eigenvalue weighted by molar-refractivity contribution is 5.94. The number of carbonyl (C=O) groups excluding carboxylic acids is 2. The van der Waals surface area contributed by atoms with Crippen molar-refractivity contribution in [2.24, 2.45) is 0 Å². The second-order valence-electron chi connectivity index (χ2n) is 6.79. The minimum absolute atomic E-state index is 0.0664. The first-order valence-electron chi connectivity index (χ1n) is 9.33. The SMILES string of the molecule is O=C(NC1CCN(C(=O)c2cn(-c3ccccc3)nn2)CC1)c1ccccc1. The van der Waals surface area contributed by atoms with E-state index in [4.69, 9.17) is 0 Å². The van der Waals surface area contributed by atoms with Crippen molar-refractivity contribution in [1.29, 1.82) is 0 Å². The first-order chi connectivity index (χ1) is 13.7. The minimum atomic E-state index is -0.130. The molecule has 28 heavy (non-hydrogen) atoms. The molecule has 7 nitrogen and oxygen atoms in total. The fraction of sp³-hybridized carbons (Fsp3) is 0.238. The van der Waals surface area contributed by atoms with Crippen LogP contribution in [-0.2, 0) is 0 Å². The fourth-order valence-electron chi connectivity index (χ4n) is 3.32. The first-order valence-corrected chi connectivity index (χ1v) is 9.33. The van der Waals surface area contributed by atoms with E-state index in [0.717, 1.165) is 18.5 Å². The van der Waals surface area contributed by atoms with E-state index in [1.54, 1.807) is 27.9 Å². The largest absolute Gasteiger partial charge is 0.349 e. The lowest BCUT2D eigenvalue weighted by Gasteiger charge is -2.31. The summed E-state index contributed by atoms with van der Waals surface area (Å²) in [6, 6.07) is 18.8. The Balaban J connectivity index is 1.33. The van der Waals surface area contributed by atoms with E-state index in [1.807, 2.05) is 48.5 Å². The highest BCUT2D eigenvalue weighted by Crippen LogP contribution is 2.15. The van der Waals surface area contributed by atoms with Gasteiger partial charge in [-0.1, -0.05) is 41.6 Å². The van der Waals surface area contributed by atoms with E-state index in [0.29, 0.717) is 24.3 Å². The summed E-state index contributed by atoms with van der Waals surface area (Å²) in [6.07, 6.45) is 3.09. The molecule has 0 unspecified atom stereocenters. The van der Waals surface area contributed by atoms with Crippen molar-refractivity contribution in [1.82, 2.24) is 25.2 Å². The Hall–Kier alpha value is -3.48. The van der Waals surface area contributed by atoms with Gasteiger partial charge in [-0.05, 0) is 37.1 Å². The lowest BCUT2D eigenvalue weighted by atomic mass is 10.0. The van der Waals surface area contributed by atoms with Crippen molar-refractivity contribution in [3.8, 4) is 5.69 Å². The molecular formula is C21H21N5O2. The van der Waals surface area contributed by atoms with Gasteiger partial charge in [0.1, 0.15) is 0 Å². The molecule has 0 radical (unpaired) electrons. The quantitative estimate of drug-likeness (QED) is 0.759. The molecule has 1 N–H and O–H groups in total. The average Bonchev–Trinajstić information content (AvgIpc) is 3.25. The number of benzene rings is 2. The molecule has 1 aromatic heterocycles. The summed E-state index contributed by atoms with van der Waals surface area (Å²) >= 11 is 0. The molecule has 142 valence electrons. The predicted molar refractivity (Wildman–Crippen MR) is 104 cm³/mol. The van der Waals surface area contributed by atoms with Crippen LogP contribution in [0, 0.1) is 0 Å². The van der Waals surface area contributed by atoms with Crippen LogP contribution in [0.2, 0.25) is 0 Å². The number of nitrogens with zero attached hydrogens (tertiary/aromatic N) is 4. The first kappa shape index (κ1) is 17.9. The standard InChI is InChI=1S/C21H21N5O2/c27-20(16-7-3-1-4-8-16)22-17-11-13-25(14-12-17)21(28)19-15-26(24-23-19)18-9-5-2-6-10-18/h1-10,15,17H,11-14H2,(H,22,27). The molecule has 1 aliphatic heterocycles. The zero-order valence-electron chi connectivity index (χ0n) is 15.4. The number of amides is 2. The topological polar surface area (TPSA) is 80.1 Å². The lowest BCUT2D eigenvalue weighted by Crippen LogP contribution is -2.46. The Labute approximate surface area is 163 Å². The van der Waals surface area contributed by atoms with Gasteiger partial charge >= 0.3 is 0 Å². The lowest BCUT2D eigenvalue weighted by molar-refractivity contribution is 0.0692. The zero-order valence-corrected chi connectivity index (χ0v) is 15.4. The summed E-state index contributed by atoms with van der Waals surface area (Å²) in [5, 5.41) is 11.1. The van der Waals surface area contributed by atoms with Gasteiger partial charge in [-0.3, -0.25) is 9.59 Å². The molecule has 4 rings (SSSR count). The van der Waals surface area contributed by atoms with Gasteiger partial charge in [-0.15, -0.1) is 5.10 Å². The van der Waals surface area contributed by atoms with Gasteiger partial charge in [-0.25, -0.2) is 4.68 Å². The maximum Gasteiger partial charge on any atom is 0.276 e. The Morgan fingerprint density at radius 1 is 0.929 bits per heavy atom. The van der Waals surface area contributed by atoms with Gasteiger partial charge in [0.25, 0.3) is 11.8 Å². The summed E-state index contributed by atoms with van der Waals surface area (Å²) in [6.45, 7) is 1.16. The van der Waals surface area contributed by atoms with Crippen LogP contribution in [0.4, 0.5) is 0 Å². The van der Waals surface area contributed by atoms with Crippen LogP contribution in [0.5, 0.6) is 0 Å². The number of aromatic nitrogens is 3. The Bertz CT molecular complexity index is 947. The smallest absolute Gasteiger partial charge is 0.276 e. The van der Waals surface area contributed by atoms with Crippen molar-refractivity contribution < 1.29 is 9.59 Å². The van der Waals surface area contributed by atoms with Crippen LogP contribution in [0.15, 0.2) is 66.9 Å². The second-order valence-corrected chi connectivity index (χ2v) is 6.79. The summed E-state index contributed by atoms with van der Waals surface area (Å²) in [5.41, 5.74) is 1.84. The molecule has 2 heterocycles. The van der Waals surface area contributed by atoms with Gasteiger partial charge in [-0.2, -0.15) is 0 Å². The highest BCUT2D eigenvalue weighted by Gasteiger charge is 2.26. The number of nitrogens with one attached hydrogen (secondary N) is 1. The predicted octanol–water partition coefficient (Wildman–Crippen LogP) is 2.30. The minimum Gasteiger partial charge on any atom is -0.349 e. The van der Waals surface area contributed by atoms with Crippen LogP contribution in [-0.4, -0.2) is 50.8 Å². The third-order valence-corrected chi connectivity index (χ3v) is 4.89. The molecule has 0 atom stereocenters. The Morgan fingerprint density at radius 2 is 1.57 bits per heavy atom. The van der Waals surface area contributed by atoms with Gasteiger partial charge in [0.2, 0.25) is 0 Å². The van der Waals surface area contributed by atoms with Gasteiger partial charge < -0.3 is 10.2 Å². The summed E-state index contributed by atoms with van der Waals surface area (Å²) in [4.78, 5) is 26.8. The van der Waals surface area contributed by atoms with Crippen LogP contribution >= 0.6 is 0 Å². The van der Waals surface area contributed by atoms with Gasteiger partial charge in [0.05, 0.1) is 11.9 Å².